The zero-order valence-corrected chi connectivity index (χ0v) is 19.7. The van der Waals surface area contributed by atoms with E-state index in [1.54, 1.807) is 43.4 Å². The van der Waals surface area contributed by atoms with Crippen LogP contribution in [0.15, 0.2) is 36.4 Å². The number of methoxy groups -OCH3 is 3. The van der Waals surface area contributed by atoms with Gasteiger partial charge in [0.15, 0.2) is 11.5 Å². The minimum atomic E-state index is -3.54. The number of hydrogen-bond donors (Lipinski definition) is 1. The van der Waals surface area contributed by atoms with Gasteiger partial charge in [-0.1, -0.05) is 23.7 Å². The lowest BCUT2D eigenvalue weighted by Gasteiger charge is -2.23. The van der Waals surface area contributed by atoms with E-state index in [0.717, 1.165) is 11.8 Å². The molecule has 0 saturated carbocycles. The normalized spacial score (nSPS) is 12.2. The van der Waals surface area contributed by atoms with Crippen LogP contribution in [0.1, 0.15) is 23.6 Å². The molecule has 0 bridgehead atoms. The van der Waals surface area contributed by atoms with Gasteiger partial charge in [-0.3, -0.25) is 4.79 Å². The summed E-state index contributed by atoms with van der Waals surface area (Å²) in [5, 5.41) is 0.521. The topological polar surface area (TPSA) is 94.2 Å². The molecule has 0 spiro atoms. The monoisotopic (exact) mass is 470 g/mol. The minimum absolute atomic E-state index is 0.0599. The van der Waals surface area contributed by atoms with Crippen molar-refractivity contribution in [2.45, 2.75) is 19.0 Å². The van der Waals surface area contributed by atoms with Crippen LogP contribution >= 0.6 is 11.6 Å². The first-order chi connectivity index (χ1) is 14.6. The summed E-state index contributed by atoms with van der Waals surface area (Å²) in [5.41, 5.74) is 1.41. The molecule has 2 aromatic carbocycles. The van der Waals surface area contributed by atoms with E-state index in [0.29, 0.717) is 27.8 Å². The van der Waals surface area contributed by atoms with Gasteiger partial charge in [-0.05, 0) is 35.4 Å². The lowest BCUT2D eigenvalue weighted by atomic mass is 10.0. The summed E-state index contributed by atoms with van der Waals surface area (Å²) in [5.74, 6) is 1.18. The van der Waals surface area contributed by atoms with Gasteiger partial charge >= 0.3 is 0 Å². The van der Waals surface area contributed by atoms with E-state index in [-0.39, 0.29) is 18.9 Å². The van der Waals surface area contributed by atoms with Crippen LogP contribution in [0, 0.1) is 0 Å². The number of amides is 1. The third kappa shape index (κ3) is 7.02. The second-order valence-corrected chi connectivity index (χ2v) is 9.20. The molecule has 0 radical (unpaired) electrons. The molecule has 2 aromatic rings. The zero-order chi connectivity index (χ0) is 23.2. The van der Waals surface area contributed by atoms with E-state index in [1.807, 2.05) is 0 Å². The minimum Gasteiger partial charge on any atom is -0.493 e. The molecular formula is C21H27ClN2O6S. The van der Waals surface area contributed by atoms with Crippen LogP contribution in [-0.4, -0.2) is 53.9 Å². The van der Waals surface area contributed by atoms with Crippen molar-refractivity contribution in [2.75, 3.05) is 34.6 Å². The molecule has 0 aliphatic rings. The Bertz CT molecular complexity index is 986. The summed E-state index contributed by atoms with van der Waals surface area (Å²) in [6, 6.07) is 9.49. The van der Waals surface area contributed by atoms with Crippen LogP contribution in [-0.2, 0) is 21.4 Å². The number of hydrogen-bond acceptors (Lipinski definition) is 6. The smallest absolute Gasteiger partial charge is 0.224 e. The Morgan fingerprint density at radius 2 is 1.61 bits per heavy atom. The number of carbonyl (C=O) groups excluding carboxylic acids is 1. The molecular weight excluding hydrogens is 444 g/mol. The van der Waals surface area contributed by atoms with Crippen molar-refractivity contribution in [3.63, 3.8) is 0 Å². The van der Waals surface area contributed by atoms with Crippen molar-refractivity contribution in [1.29, 1.82) is 0 Å². The number of nitrogens with one attached hydrogen (secondary N) is 1. The van der Waals surface area contributed by atoms with Crippen molar-refractivity contribution >= 4 is 27.5 Å². The summed E-state index contributed by atoms with van der Waals surface area (Å²) >= 11 is 5.92. The van der Waals surface area contributed by atoms with Crippen molar-refractivity contribution in [1.82, 2.24) is 9.62 Å². The number of halogens is 1. The van der Waals surface area contributed by atoms with Gasteiger partial charge in [0.2, 0.25) is 21.7 Å². The molecule has 0 aliphatic heterocycles. The third-order valence-corrected chi connectivity index (χ3v) is 5.54. The molecule has 0 unspecified atom stereocenters. The van der Waals surface area contributed by atoms with Gasteiger partial charge in [0.1, 0.15) is 0 Å². The molecule has 1 atom stereocenters. The van der Waals surface area contributed by atoms with Crippen LogP contribution in [0.25, 0.3) is 0 Å². The maximum Gasteiger partial charge on any atom is 0.224 e. The molecule has 0 aliphatic carbocycles. The molecule has 10 heteroatoms. The number of ether oxygens (including phenoxy) is 3. The van der Waals surface area contributed by atoms with Gasteiger partial charge in [-0.2, -0.15) is 0 Å². The van der Waals surface area contributed by atoms with E-state index in [9.17, 15) is 13.2 Å². The Morgan fingerprint density at radius 3 is 2.06 bits per heavy atom. The standard InChI is InChI=1S/C21H27ClN2O6S/c1-24(13-14-10-18(28-2)21(30-4)19(11-14)29-3)20(25)12-17(23-31(5,26)27)15-6-8-16(22)9-7-15/h6-11,17,23H,12-13H2,1-5H3/t17-/m0/s1. The van der Waals surface area contributed by atoms with Crippen molar-refractivity contribution in [2.24, 2.45) is 0 Å². The molecule has 0 heterocycles. The van der Waals surface area contributed by atoms with Crippen molar-refractivity contribution in [3.8, 4) is 17.2 Å². The van der Waals surface area contributed by atoms with Crippen LogP contribution in [0.2, 0.25) is 5.02 Å². The van der Waals surface area contributed by atoms with Gasteiger partial charge in [0, 0.05) is 25.0 Å². The fraction of sp³-hybridized carbons (Fsp3) is 0.381. The summed E-state index contributed by atoms with van der Waals surface area (Å²) in [6.07, 6.45) is 0.996. The van der Waals surface area contributed by atoms with Gasteiger partial charge in [-0.25, -0.2) is 13.1 Å². The number of benzene rings is 2. The van der Waals surface area contributed by atoms with Crippen molar-refractivity contribution in [3.05, 3.63) is 52.5 Å². The Hall–Kier alpha value is -2.49. The summed E-state index contributed by atoms with van der Waals surface area (Å²) in [4.78, 5) is 14.4. The Labute approximate surface area is 188 Å². The van der Waals surface area contributed by atoms with Crippen LogP contribution < -0.4 is 18.9 Å². The van der Waals surface area contributed by atoms with Gasteiger partial charge in [0.05, 0.1) is 33.6 Å². The predicted molar refractivity (Wildman–Crippen MR) is 119 cm³/mol. The Kier molecular flexibility index (Phi) is 8.55. The molecule has 170 valence electrons. The molecule has 0 fully saturated rings. The second kappa shape index (κ2) is 10.7. The number of nitrogens with zero attached hydrogens (tertiary/aromatic N) is 1. The molecule has 0 saturated heterocycles. The summed E-state index contributed by atoms with van der Waals surface area (Å²) < 4.78 is 42.2. The number of sulfonamides is 1. The van der Waals surface area contributed by atoms with Gasteiger partial charge in [-0.15, -0.1) is 0 Å². The summed E-state index contributed by atoms with van der Waals surface area (Å²) in [7, 11) is 2.66. The molecule has 0 aromatic heterocycles. The van der Waals surface area contributed by atoms with E-state index < -0.39 is 16.1 Å². The number of rotatable bonds is 10. The van der Waals surface area contributed by atoms with E-state index in [2.05, 4.69) is 4.72 Å². The first kappa shape index (κ1) is 24.8. The zero-order valence-electron chi connectivity index (χ0n) is 18.1. The highest BCUT2D eigenvalue weighted by atomic mass is 35.5. The highest BCUT2D eigenvalue weighted by Crippen LogP contribution is 2.38. The third-order valence-electron chi connectivity index (χ3n) is 4.58. The van der Waals surface area contributed by atoms with Crippen molar-refractivity contribution < 1.29 is 27.4 Å². The molecule has 2 rings (SSSR count). The molecule has 1 N–H and O–H groups in total. The van der Waals surface area contributed by atoms with Crippen LogP contribution in [0.3, 0.4) is 0 Å². The lowest BCUT2D eigenvalue weighted by molar-refractivity contribution is -0.130. The maximum absolute atomic E-state index is 12.9. The largest absolute Gasteiger partial charge is 0.493 e. The quantitative estimate of drug-likeness (QED) is 0.573. The van der Waals surface area contributed by atoms with E-state index >= 15 is 0 Å². The molecule has 31 heavy (non-hydrogen) atoms. The van der Waals surface area contributed by atoms with E-state index in [4.69, 9.17) is 25.8 Å². The average molecular weight is 471 g/mol. The highest BCUT2D eigenvalue weighted by molar-refractivity contribution is 7.88. The predicted octanol–water partition coefficient (Wildman–Crippen LogP) is 3.00. The fourth-order valence-electron chi connectivity index (χ4n) is 3.10. The average Bonchev–Trinajstić information content (AvgIpc) is 2.71. The highest BCUT2D eigenvalue weighted by Gasteiger charge is 2.23. The second-order valence-electron chi connectivity index (χ2n) is 6.98. The Morgan fingerprint density at radius 1 is 1.06 bits per heavy atom. The van der Waals surface area contributed by atoms with Crippen LogP contribution in [0.4, 0.5) is 0 Å². The SMILES string of the molecule is COc1cc(CN(C)C(=O)C[C@H](NS(C)(=O)=O)c2ccc(Cl)cc2)cc(OC)c1OC. The number of carbonyl (C=O) groups is 1. The van der Waals surface area contributed by atoms with Gasteiger partial charge < -0.3 is 19.1 Å². The van der Waals surface area contributed by atoms with E-state index in [1.165, 1.54) is 26.2 Å². The fourth-order valence-corrected chi connectivity index (χ4v) is 3.96. The van der Waals surface area contributed by atoms with Gasteiger partial charge in [0.25, 0.3) is 0 Å². The lowest BCUT2D eigenvalue weighted by Crippen LogP contribution is -2.34. The first-order valence-corrected chi connectivity index (χ1v) is 11.6. The van der Waals surface area contributed by atoms with Crippen LogP contribution in [0.5, 0.6) is 17.2 Å². The first-order valence-electron chi connectivity index (χ1n) is 9.33. The molecule has 8 nitrogen and oxygen atoms in total. The molecule has 1 amide bonds. The summed E-state index contributed by atoms with van der Waals surface area (Å²) in [6.45, 7) is 0.266. The Balaban J connectivity index is 2.21. The maximum atomic E-state index is 12.9.